The van der Waals surface area contributed by atoms with Gasteiger partial charge in [0, 0.05) is 27.8 Å². The molecule has 0 radical (unpaired) electrons. The van der Waals surface area contributed by atoms with Crippen molar-refractivity contribution in [3.8, 4) is 11.1 Å². The molecule has 0 bridgehead atoms. The Kier molecular flexibility index (Phi) is 6.05. The number of fused-ring (bicyclic) bond motifs is 4. The minimum atomic E-state index is -0.261. The molecule has 6 aromatic rings. The molecule has 0 unspecified atom stereocenters. The third-order valence-corrected chi connectivity index (χ3v) is 9.89. The van der Waals surface area contributed by atoms with E-state index in [9.17, 15) is 4.39 Å². The van der Waals surface area contributed by atoms with E-state index < -0.39 is 0 Å². The van der Waals surface area contributed by atoms with E-state index in [1.807, 2.05) is 18.2 Å². The molecule has 8 rings (SSSR count). The van der Waals surface area contributed by atoms with Crippen molar-refractivity contribution in [2.45, 2.75) is 38.5 Å². The van der Waals surface area contributed by atoms with Crippen molar-refractivity contribution in [2.24, 2.45) is 0 Å². The van der Waals surface area contributed by atoms with E-state index in [4.69, 9.17) is 0 Å². The number of anilines is 6. The van der Waals surface area contributed by atoms with Crippen LogP contribution in [0.1, 0.15) is 49.9 Å². The van der Waals surface area contributed by atoms with Gasteiger partial charge in [0.1, 0.15) is 5.82 Å². The average Bonchev–Trinajstić information content (AvgIpc) is 3.06. The molecule has 0 aromatic heterocycles. The first-order chi connectivity index (χ1) is 21.8. The van der Waals surface area contributed by atoms with Crippen molar-refractivity contribution in [1.29, 1.82) is 0 Å². The Balaban J connectivity index is 1.38. The molecule has 0 aliphatic carbocycles. The van der Waals surface area contributed by atoms with Gasteiger partial charge in [-0.3, -0.25) is 0 Å². The summed E-state index contributed by atoms with van der Waals surface area (Å²) in [5, 5.41) is 0. The molecule has 2 aliphatic rings. The lowest BCUT2D eigenvalue weighted by molar-refractivity contribution is 0.597. The van der Waals surface area contributed by atoms with Gasteiger partial charge in [-0.25, -0.2) is 4.39 Å². The predicted molar refractivity (Wildman–Crippen MR) is 185 cm³/mol. The van der Waals surface area contributed by atoms with Crippen molar-refractivity contribution >= 4 is 34.1 Å². The Hall–Kier alpha value is -5.15. The van der Waals surface area contributed by atoms with Gasteiger partial charge in [-0.2, -0.15) is 0 Å². The zero-order valence-corrected chi connectivity index (χ0v) is 26.1. The molecule has 0 saturated carbocycles. The zero-order valence-electron chi connectivity index (χ0n) is 26.1. The van der Waals surface area contributed by atoms with Crippen LogP contribution >= 0.6 is 0 Å². The molecule has 220 valence electrons. The molecule has 2 heterocycles. The lowest BCUT2D eigenvalue weighted by atomic mass is 9.66. The van der Waals surface area contributed by atoms with Crippen LogP contribution in [0.5, 0.6) is 0 Å². The first-order valence-corrected chi connectivity index (χ1v) is 15.6. The Labute approximate surface area is 265 Å². The molecule has 0 spiro atoms. The van der Waals surface area contributed by atoms with Gasteiger partial charge in [0.2, 0.25) is 0 Å². The van der Waals surface area contributed by atoms with Crippen molar-refractivity contribution in [2.75, 3.05) is 9.80 Å². The number of hydrogen-bond donors (Lipinski definition) is 0. The second kappa shape index (κ2) is 9.93. The third-order valence-electron chi connectivity index (χ3n) is 9.89. The van der Waals surface area contributed by atoms with E-state index in [2.05, 4.69) is 147 Å². The zero-order chi connectivity index (χ0) is 30.9. The largest absolute Gasteiger partial charge is 0.310 e. The van der Waals surface area contributed by atoms with Gasteiger partial charge >= 0.3 is 0 Å². The summed E-state index contributed by atoms with van der Waals surface area (Å²) < 4.78 is 14.2. The maximum Gasteiger partial charge on any atom is 0.123 e. The van der Waals surface area contributed by atoms with Gasteiger partial charge in [0.15, 0.2) is 0 Å². The summed E-state index contributed by atoms with van der Waals surface area (Å²) in [5.41, 5.74) is 13.8. The van der Waals surface area contributed by atoms with Crippen molar-refractivity contribution in [3.05, 3.63) is 168 Å². The van der Waals surface area contributed by atoms with Crippen LogP contribution in [0.3, 0.4) is 0 Å². The van der Waals surface area contributed by atoms with Gasteiger partial charge in [0.25, 0.3) is 0 Å². The normalized spacial score (nSPS) is 15.1. The third kappa shape index (κ3) is 4.07. The maximum atomic E-state index is 14.2. The topological polar surface area (TPSA) is 6.48 Å². The SMILES string of the molecule is CC1(C)c2ccccc2N2c3ccc(N(c4ccc(F)cc4)c4ccccc4-c4ccccc4)cc3C(C)(C)c3cccc1c32. The first-order valence-electron chi connectivity index (χ1n) is 15.6. The van der Waals surface area contributed by atoms with Gasteiger partial charge < -0.3 is 9.80 Å². The van der Waals surface area contributed by atoms with Crippen molar-refractivity contribution in [3.63, 3.8) is 0 Å². The summed E-state index contributed by atoms with van der Waals surface area (Å²) in [6.45, 7) is 9.37. The average molecular weight is 587 g/mol. The van der Waals surface area contributed by atoms with E-state index >= 15 is 0 Å². The summed E-state index contributed by atoms with van der Waals surface area (Å²) >= 11 is 0. The molecular weight excluding hydrogens is 551 g/mol. The van der Waals surface area contributed by atoms with E-state index in [0.29, 0.717) is 0 Å². The molecule has 2 nitrogen and oxygen atoms in total. The molecule has 3 heteroatoms. The second-order valence-corrected chi connectivity index (χ2v) is 13.2. The molecule has 0 fully saturated rings. The molecule has 6 aromatic carbocycles. The van der Waals surface area contributed by atoms with Gasteiger partial charge in [0.05, 0.1) is 22.7 Å². The minimum Gasteiger partial charge on any atom is -0.310 e. The van der Waals surface area contributed by atoms with Crippen LogP contribution in [-0.4, -0.2) is 0 Å². The summed E-state index contributed by atoms with van der Waals surface area (Å²) in [6.07, 6.45) is 0. The molecule has 0 saturated heterocycles. The Morgan fingerprint density at radius 1 is 0.511 bits per heavy atom. The van der Waals surface area contributed by atoms with E-state index in [0.717, 1.165) is 28.2 Å². The van der Waals surface area contributed by atoms with Crippen molar-refractivity contribution < 1.29 is 4.39 Å². The highest BCUT2D eigenvalue weighted by Crippen LogP contribution is 2.60. The highest BCUT2D eigenvalue weighted by Gasteiger charge is 2.45. The lowest BCUT2D eigenvalue weighted by Crippen LogP contribution is -2.38. The van der Waals surface area contributed by atoms with Crippen LogP contribution in [0, 0.1) is 5.82 Å². The number of hydrogen-bond acceptors (Lipinski definition) is 2. The number of halogens is 1. The molecule has 45 heavy (non-hydrogen) atoms. The first kappa shape index (κ1) is 27.4. The highest BCUT2D eigenvalue weighted by molar-refractivity contribution is 5.95. The Morgan fingerprint density at radius 2 is 1.09 bits per heavy atom. The maximum absolute atomic E-state index is 14.2. The summed E-state index contributed by atoms with van der Waals surface area (Å²) in [5.74, 6) is -0.249. The molecule has 0 atom stereocenters. The monoisotopic (exact) mass is 586 g/mol. The number of benzene rings is 6. The standard InChI is InChI=1S/C42H35FN2/c1-41(2)33-16-9-11-20-38(33)45-39-26-25-31(27-36(39)42(3,4)35-18-12-17-34(41)40(35)45)44(30-23-21-29(43)22-24-30)37-19-10-8-15-32(37)28-13-6-5-7-14-28/h5-27H,1-4H3. The van der Waals surface area contributed by atoms with E-state index in [1.54, 1.807) is 12.1 Å². The van der Waals surface area contributed by atoms with Crippen LogP contribution < -0.4 is 9.80 Å². The molecular formula is C42H35FN2. The second-order valence-electron chi connectivity index (χ2n) is 13.2. The van der Waals surface area contributed by atoms with Crippen LogP contribution in [0.15, 0.2) is 140 Å². The van der Waals surface area contributed by atoms with Crippen LogP contribution in [-0.2, 0) is 10.8 Å². The van der Waals surface area contributed by atoms with E-state index in [1.165, 1.54) is 39.3 Å². The molecule has 2 aliphatic heterocycles. The quantitative estimate of drug-likeness (QED) is 0.203. The van der Waals surface area contributed by atoms with E-state index in [-0.39, 0.29) is 16.6 Å². The number of nitrogens with zero attached hydrogens (tertiary/aromatic N) is 2. The van der Waals surface area contributed by atoms with Gasteiger partial charge in [-0.15, -0.1) is 0 Å². The molecule has 0 amide bonds. The van der Waals surface area contributed by atoms with Crippen LogP contribution in [0.25, 0.3) is 11.1 Å². The highest BCUT2D eigenvalue weighted by atomic mass is 19.1. The Morgan fingerprint density at radius 3 is 1.84 bits per heavy atom. The van der Waals surface area contributed by atoms with Crippen LogP contribution in [0.4, 0.5) is 38.5 Å². The summed E-state index contributed by atoms with van der Waals surface area (Å²) in [7, 11) is 0. The van der Waals surface area contributed by atoms with Crippen molar-refractivity contribution in [1.82, 2.24) is 0 Å². The predicted octanol–water partition coefficient (Wildman–Crippen LogP) is 11.7. The van der Waals surface area contributed by atoms with Crippen LogP contribution in [0.2, 0.25) is 0 Å². The summed E-state index contributed by atoms with van der Waals surface area (Å²) in [4.78, 5) is 4.74. The summed E-state index contributed by atoms with van der Waals surface area (Å²) in [6, 6.07) is 48.2. The Bertz CT molecular complexity index is 2080. The van der Waals surface area contributed by atoms with Gasteiger partial charge in [-0.05, 0) is 82.4 Å². The number of rotatable bonds is 4. The fourth-order valence-electron chi connectivity index (χ4n) is 7.56. The number of para-hydroxylation sites is 3. The van der Waals surface area contributed by atoms with Gasteiger partial charge in [-0.1, -0.05) is 113 Å². The lowest BCUT2D eigenvalue weighted by Gasteiger charge is -2.49. The minimum absolute atomic E-state index is 0.119. The fraction of sp³-hybridized carbons (Fsp3) is 0.143. The fourth-order valence-corrected chi connectivity index (χ4v) is 7.56. The smallest absolute Gasteiger partial charge is 0.123 e. The molecule has 0 N–H and O–H groups in total.